The van der Waals surface area contributed by atoms with E-state index in [-0.39, 0.29) is 11.9 Å². The monoisotopic (exact) mass is 316 g/mol. The molecule has 2 rings (SSSR count). The summed E-state index contributed by atoms with van der Waals surface area (Å²) in [5.41, 5.74) is 1.56. The molecule has 0 aliphatic heterocycles. The first-order valence-corrected chi connectivity index (χ1v) is 7.84. The van der Waals surface area contributed by atoms with Gasteiger partial charge in [0.25, 0.3) is 0 Å². The van der Waals surface area contributed by atoms with Crippen molar-refractivity contribution < 1.29 is 4.39 Å². The molecule has 0 radical (unpaired) electrons. The minimum atomic E-state index is -0.313. The standard InChI is InChI=1S/C18H21FN2S/c1-13(2)12-17(14-8-4-3-5-9-14)21-18(22)20-16-11-7-6-10-15(16)19/h3-11,13,17H,12H2,1-2H3,(H2,20,21,22). The Kier molecular flexibility index (Phi) is 5.90. The Balaban J connectivity index is 2.07. The van der Waals surface area contributed by atoms with Gasteiger partial charge in [-0.3, -0.25) is 0 Å². The molecule has 0 heterocycles. The van der Waals surface area contributed by atoms with Crippen LogP contribution in [-0.4, -0.2) is 5.11 Å². The molecule has 0 bridgehead atoms. The van der Waals surface area contributed by atoms with E-state index in [0.717, 1.165) is 6.42 Å². The van der Waals surface area contributed by atoms with Gasteiger partial charge in [0.1, 0.15) is 5.82 Å². The number of nitrogens with one attached hydrogen (secondary N) is 2. The average molecular weight is 316 g/mol. The Bertz CT molecular complexity index is 613. The number of rotatable bonds is 5. The van der Waals surface area contributed by atoms with Crippen molar-refractivity contribution in [1.29, 1.82) is 0 Å². The van der Waals surface area contributed by atoms with E-state index < -0.39 is 0 Å². The van der Waals surface area contributed by atoms with Gasteiger partial charge >= 0.3 is 0 Å². The van der Waals surface area contributed by atoms with Crippen molar-refractivity contribution in [3.05, 3.63) is 66.0 Å². The predicted octanol–water partition coefficient (Wildman–Crippen LogP) is 4.90. The SMILES string of the molecule is CC(C)CC(NC(=S)Nc1ccccc1F)c1ccccc1. The van der Waals surface area contributed by atoms with Crippen LogP contribution in [-0.2, 0) is 0 Å². The zero-order chi connectivity index (χ0) is 15.9. The molecule has 0 aliphatic carbocycles. The first-order chi connectivity index (χ1) is 10.6. The van der Waals surface area contributed by atoms with Crippen LogP contribution in [0.25, 0.3) is 0 Å². The van der Waals surface area contributed by atoms with Crippen LogP contribution in [0.15, 0.2) is 54.6 Å². The lowest BCUT2D eigenvalue weighted by molar-refractivity contribution is 0.480. The minimum Gasteiger partial charge on any atom is -0.356 e. The lowest BCUT2D eigenvalue weighted by Crippen LogP contribution is -2.33. The van der Waals surface area contributed by atoms with Crippen molar-refractivity contribution in [2.45, 2.75) is 26.3 Å². The van der Waals surface area contributed by atoms with Crippen LogP contribution in [0.2, 0.25) is 0 Å². The van der Waals surface area contributed by atoms with E-state index in [4.69, 9.17) is 12.2 Å². The summed E-state index contributed by atoms with van der Waals surface area (Å²) < 4.78 is 13.7. The van der Waals surface area contributed by atoms with Gasteiger partial charge in [-0.2, -0.15) is 0 Å². The van der Waals surface area contributed by atoms with Gasteiger partial charge in [0.15, 0.2) is 5.11 Å². The Hall–Kier alpha value is -1.94. The summed E-state index contributed by atoms with van der Waals surface area (Å²) in [5.74, 6) is 0.209. The van der Waals surface area contributed by atoms with Crippen LogP contribution in [0.1, 0.15) is 31.9 Å². The molecule has 1 atom stereocenters. The number of halogens is 1. The summed E-state index contributed by atoms with van der Waals surface area (Å²) in [4.78, 5) is 0. The Labute approximate surface area is 136 Å². The average Bonchev–Trinajstić information content (AvgIpc) is 2.49. The van der Waals surface area contributed by atoms with Gasteiger partial charge in [0.2, 0.25) is 0 Å². The number of thiocarbonyl (C=S) groups is 1. The fourth-order valence-electron chi connectivity index (χ4n) is 2.31. The number of hydrogen-bond donors (Lipinski definition) is 2. The number of hydrogen-bond acceptors (Lipinski definition) is 1. The van der Waals surface area contributed by atoms with Crippen molar-refractivity contribution >= 4 is 23.0 Å². The molecule has 4 heteroatoms. The highest BCUT2D eigenvalue weighted by Gasteiger charge is 2.14. The van der Waals surface area contributed by atoms with Crippen LogP contribution in [0.4, 0.5) is 10.1 Å². The Morgan fingerprint density at radius 3 is 2.32 bits per heavy atom. The molecule has 0 amide bonds. The normalized spacial score (nSPS) is 12.0. The molecule has 2 nitrogen and oxygen atoms in total. The van der Waals surface area contributed by atoms with E-state index in [1.807, 2.05) is 18.2 Å². The highest BCUT2D eigenvalue weighted by atomic mass is 32.1. The van der Waals surface area contributed by atoms with E-state index in [9.17, 15) is 4.39 Å². The van der Waals surface area contributed by atoms with Gasteiger partial charge < -0.3 is 10.6 Å². The van der Waals surface area contributed by atoms with Gasteiger partial charge in [-0.25, -0.2) is 4.39 Å². The Morgan fingerprint density at radius 2 is 1.68 bits per heavy atom. The molecule has 0 spiro atoms. The second-order valence-corrected chi connectivity index (χ2v) is 6.08. The molecule has 0 aliphatic rings. The van der Waals surface area contributed by atoms with E-state index >= 15 is 0 Å². The summed E-state index contributed by atoms with van der Waals surface area (Å²) >= 11 is 5.34. The Morgan fingerprint density at radius 1 is 1.05 bits per heavy atom. The van der Waals surface area contributed by atoms with E-state index in [2.05, 4.69) is 36.6 Å². The summed E-state index contributed by atoms with van der Waals surface area (Å²) in [6, 6.07) is 16.8. The third-order valence-electron chi connectivity index (χ3n) is 3.34. The highest BCUT2D eigenvalue weighted by molar-refractivity contribution is 7.80. The maximum Gasteiger partial charge on any atom is 0.171 e. The second kappa shape index (κ2) is 7.90. The molecule has 1 unspecified atom stereocenters. The van der Waals surface area contributed by atoms with Crippen LogP contribution in [0, 0.1) is 11.7 Å². The van der Waals surface area contributed by atoms with E-state index in [1.165, 1.54) is 11.6 Å². The molecule has 0 fully saturated rings. The summed E-state index contributed by atoms with van der Waals surface area (Å²) in [6.45, 7) is 4.34. The maximum absolute atomic E-state index is 13.7. The predicted molar refractivity (Wildman–Crippen MR) is 94.4 cm³/mol. The van der Waals surface area contributed by atoms with Crippen LogP contribution in [0.3, 0.4) is 0 Å². The second-order valence-electron chi connectivity index (χ2n) is 5.67. The van der Waals surface area contributed by atoms with Gasteiger partial charge in [0, 0.05) is 0 Å². The first-order valence-electron chi connectivity index (χ1n) is 7.43. The fraction of sp³-hybridized carbons (Fsp3) is 0.278. The number of para-hydroxylation sites is 1. The molecule has 2 N–H and O–H groups in total. The minimum absolute atomic E-state index is 0.105. The van der Waals surface area contributed by atoms with Gasteiger partial charge in [-0.05, 0) is 42.3 Å². The van der Waals surface area contributed by atoms with Gasteiger partial charge in [-0.15, -0.1) is 0 Å². The molecule has 0 saturated carbocycles. The van der Waals surface area contributed by atoms with Crippen LogP contribution in [0.5, 0.6) is 0 Å². The van der Waals surface area contributed by atoms with Crippen LogP contribution >= 0.6 is 12.2 Å². The molecule has 22 heavy (non-hydrogen) atoms. The van der Waals surface area contributed by atoms with E-state index in [1.54, 1.807) is 18.2 Å². The maximum atomic E-state index is 13.7. The summed E-state index contributed by atoms with van der Waals surface area (Å²) in [7, 11) is 0. The summed E-state index contributed by atoms with van der Waals surface area (Å²) in [6.07, 6.45) is 0.948. The zero-order valence-electron chi connectivity index (χ0n) is 12.8. The molecule has 0 aromatic heterocycles. The zero-order valence-corrected chi connectivity index (χ0v) is 13.7. The summed E-state index contributed by atoms with van der Waals surface area (Å²) in [5, 5.41) is 6.65. The van der Waals surface area contributed by atoms with E-state index in [0.29, 0.717) is 16.7 Å². The number of anilines is 1. The largest absolute Gasteiger partial charge is 0.356 e. The lowest BCUT2D eigenvalue weighted by Gasteiger charge is -2.23. The lowest BCUT2D eigenvalue weighted by atomic mass is 9.97. The third-order valence-corrected chi connectivity index (χ3v) is 3.56. The molecular formula is C18H21FN2S. The van der Waals surface area contributed by atoms with Crippen molar-refractivity contribution in [2.24, 2.45) is 5.92 Å². The third kappa shape index (κ3) is 4.81. The van der Waals surface area contributed by atoms with Gasteiger partial charge in [-0.1, -0.05) is 56.3 Å². The first kappa shape index (κ1) is 16.4. The molecule has 116 valence electrons. The highest BCUT2D eigenvalue weighted by Crippen LogP contribution is 2.21. The van der Waals surface area contributed by atoms with Crippen LogP contribution < -0.4 is 10.6 Å². The van der Waals surface area contributed by atoms with Crippen molar-refractivity contribution in [3.63, 3.8) is 0 Å². The topological polar surface area (TPSA) is 24.1 Å². The van der Waals surface area contributed by atoms with Crippen molar-refractivity contribution in [2.75, 3.05) is 5.32 Å². The van der Waals surface area contributed by atoms with Crippen molar-refractivity contribution in [1.82, 2.24) is 5.32 Å². The molecule has 2 aromatic carbocycles. The molecular weight excluding hydrogens is 295 g/mol. The number of benzene rings is 2. The molecule has 2 aromatic rings. The smallest absolute Gasteiger partial charge is 0.171 e. The van der Waals surface area contributed by atoms with Gasteiger partial charge in [0.05, 0.1) is 11.7 Å². The quantitative estimate of drug-likeness (QED) is 0.767. The fourth-order valence-corrected chi connectivity index (χ4v) is 2.57. The van der Waals surface area contributed by atoms with Crippen molar-refractivity contribution in [3.8, 4) is 0 Å². The molecule has 0 saturated heterocycles.